The summed E-state index contributed by atoms with van der Waals surface area (Å²) in [6.45, 7) is 7.15. The number of nitrogens with two attached hydrogens (primary N) is 1. The Balaban J connectivity index is 2.24. The van der Waals surface area contributed by atoms with Crippen LogP contribution in [-0.4, -0.2) is 33.8 Å². The maximum Gasteiger partial charge on any atom is 0.188 e. The maximum atomic E-state index is 11.8. The minimum atomic E-state index is -0.880. The lowest BCUT2D eigenvalue weighted by molar-refractivity contribution is 0.648. The molecule has 0 saturated heterocycles. The Kier molecular flexibility index (Phi) is 6.71. The van der Waals surface area contributed by atoms with Gasteiger partial charge < -0.3 is 11.1 Å². The van der Waals surface area contributed by atoms with E-state index in [4.69, 9.17) is 5.73 Å². The van der Waals surface area contributed by atoms with Gasteiger partial charge in [-0.05, 0) is 32.8 Å². The number of nitrogens with zero attached hydrogens (tertiary/aromatic N) is 1. The normalized spacial score (nSPS) is 14.1. The highest BCUT2D eigenvalue weighted by molar-refractivity contribution is 7.86. The van der Waals surface area contributed by atoms with Gasteiger partial charge in [-0.2, -0.15) is 0 Å². The van der Waals surface area contributed by atoms with E-state index in [1.165, 1.54) is 5.56 Å². The summed E-state index contributed by atoms with van der Waals surface area (Å²) in [4.78, 5) is 4.20. The molecule has 0 fully saturated rings. The van der Waals surface area contributed by atoms with E-state index in [-0.39, 0.29) is 4.75 Å². The summed E-state index contributed by atoms with van der Waals surface area (Å²) >= 11 is 0. The van der Waals surface area contributed by atoms with E-state index in [9.17, 15) is 4.21 Å². The Morgan fingerprint density at radius 2 is 1.95 bits per heavy atom. The van der Waals surface area contributed by atoms with E-state index in [2.05, 4.69) is 22.4 Å². The molecule has 0 aliphatic rings. The fourth-order valence-corrected chi connectivity index (χ4v) is 2.46. The molecule has 1 aromatic rings. The molecule has 0 saturated carbocycles. The topological polar surface area (TPSA) is 67.5 Å². The van der Waals surface area contributed by atoms with Crippen molar-refractivity contribution in [2.75, 3.05) is 18.8 Å². The predicted octanol–water partition coefficient (Wildman–Crippen LogP) is 1.68. The summed E-state index contributed by atoms with van der Waals surface area (Å²) in [5, 5.41) is 3.07. The summed E-state index contributed by atoms with van der Waals surface area (Å²) < 4.78 is 11.6. The van der Waals surface area contributed by atoms with Crippen LogP contribution in [0.1, 0.15) is 26.3 Å². The summed E-state index contributed by atoms with van der Waals surface area (Å²) in [5.41, 5.74) is 7.04. The first-order valence-electron chi connectivity index (χ1n) is 6.86. The first-order chi connectivity index (χ1) is 9.39. The minimum Gasteiger partial charge on any atom is -0.370 e. The first-order valence-corrected chi connectivity index (χ1v) is 8.17. The van der Waals surface area contributed by atoms with Gasteiger partial charge in [-0.3, -0.25) is 9.20 Å². The molecule has 0 bridgehead atoms. The van der Waals surface area contributed by atoms with Crippen LogP contribution in [0.2, 0.25) is 0 Å². The van der Waals surface area contributed by atoms with Gasteiger partial charge in [0.15, 0.2) is 5.96 Å². The third-order valence-electron chi connectivity index (χ3n) is 2.80. The molecule has 0 aliphatic carbocycles. The van der Waals surface area contributed by atoms with Crippen LogP contribution < -0.4 is 11.1 Å². The Morgan fingerprint density at radius 3 is 2.55 bits per heavy atom. The molecule has 0 radical (unpaired) electrons. The molecule has 20 heavy (non-hydrogen) atoms. The van der Waals surface area contributed by atoms with Crippen LogP contribution in [0.3, 0.4) is 0 Å². The second-order valence-corrected chi connectivity index (χ2v) is 7.92. The number of hydrogen-bond donors (Lipinski definition) is 2. The standard InChI is InChI=1S/C15H25N3OS/c1-15(2,3)20(19)12-11-18-14(16)17-10-9-13-7-5-4-6-8-13/h4-8H,9-12H2,1-3H3,(H3,16,17,18). The van der Waals surface area contributed by atoms with Crippen molar-refractivity contribution in [3.05, 3.63) is 35.9 Å². The van der Waals surface area contributed by atoms with Crippen LogP contribution in [0, 0.1) is 0 Å². The summed E-state index contributed by atoms with van der Waals surface area (Å²) in [6, 6.07) is 10.2. The van der Waals surface area contributed by atoms with Crippen molar-refractivity contribution in [1.82, 2.24) is 5.32 Å². The van der Waals surface area contributed by atoms with E-state index in [1.54, 1.807) is 0 Å². The monoisotopic (exact) mass is 295 g/mol. The lowest BCUT2D eigenvalue weighted by Crippen LogP contribution is -2.34. The second kappa shape index (κ2) is 8.04. The van der Waals surface area contributed by atoms with Gasteiger partial charge in [0.05, 0.1) is 6.54 Å². The highest BCUT2D eigenvalue weighted by Gasteiger charge is 2.18. The van der Waals surface area contributed by atoms with Gasteiger partial charge >= 0.3 is 0 Å². The molecule has 112 valence electrons. The summed E-state index contributed by atoms with van der Waals surface area (Å²) in [5.74, 6) is 0.969. The molecule has 0 amide bonds. The van der Waals surface area contributed by atoms with Crippen LogP contribution in [0.4, 0.5) is 0 Å². The Morgan fingerprint density at radius 1 is 1.30 bits per heavy atom. The van der Waals surface area contributed by atoms with Crippen molar-refractivity contribution >= 4 is 16.8 Å². The number of nitrogens with one attached hydrogen (secondary N) is 1. The van der Waals surface area contributed by atoms with Gasteiger partial charge in [-0.15, -0.1) is 0 Å². The van der Waals surface area contributed by atoms with Crippen LogP contribution >= 0.6 is 0 Å². The van der Waals surface area contributed by atoms with E-state index < -0.39 is 10.8 Å². The summed E-state index contributed by atoms with van der Waals surface area (Å²) in [6.07, 6.45) is 0.908. The van der Waals surface area contributed by atoms with Gasteiger partial charge in [0.25, 0.3) is 0 Å². The molecule has 1 atom stereocenters. The highest BCUT2D eigenvalue weighted by atomic mass is 32.2. The largest absolute Gasteiger partial charge is 0.370 e. The van der Waals surface area contributed by atoms with Crippen molar-refractivity contribution < 1.29 is 4.21 Å². The SMILES string of the molecule is CC(C)(C)S(=O)CCN=C(N)NCCc1ccccc1. The van der Waals surface area contributed by atoms with Crippen LogP contribution in [-0.2, 0) is 17.2 Å². The van der Waals surface area contributed by atoms with E-state index in [1.807, 2.05) is 39.0 Å². The van der Waals surface area contributed by atoms with Crippen LogP contribution in [0.5, 0.6) is 0 Å². The zero-order valence-electron chi connectivity index (χ0n) is 12.6. The highest BCUT2D eigenvalue weighted by Crippen LogP contribution is 2.10. The van der Waals surface area contributed by atoms with Crippen molar-refractivity contribution in [3.8, 4) is 0 Å². The van der Waals surface area contributed by atoms with Gasteiger partial charge in [0.1, 0.15) is 0 Å². The van der Waals surface area contributed by atoms with Crippen molar-refractivity contribution in [2.45, 2.75) is 31.9 Å². The Hall–Kier alpha value is -1.36. The molecule has 4 nitrogen and oxygen atoms in total. The van der Waals surface area contributed by atoms with E-state index in [0.29, 0.717) is 18.3 Å². The fourth-order valence-electron chi connectivity index (χ4n) is 1.59. The third-order valence-corrected chi connectivity index (χ3v) is 4.72. The first kappa shape index (κ1) is 16.7. The third kappa shape index (κ3) is 6.70. The molecule has 1 aromatic carbocycles. The summed E-state index contributed by atoms with van der Waals surface area (Å²) in [7, 11) is -0.880. The Labute approximate surface area is 124 Å². The molecular formula is C15H25N3OS. The van der Waals surface area contributed by atoms with Gasteiger partial charge in [-0.1, -0.05) is 30.3 Å². The lowest BCUT2D eigenvalue weighted by atomic mass is 10.1. The molecule has 0 heterocycles. The average molecular weight is 295 g/mol. The molecule has 1 rings (SSSR count). The molecular weight excluding hydrogens is 270 g/mol. The average Bonchev–Trinajstić information content (AvgIpc) is 2.38. The van der Waals surface area contributed by atoms with Crippen molar-refractivity contribution in [3.63, 3.8) is 0 Å². The molecule has 0 aliphatic heterocycles. The molecule has 3 N–H and O–H groups in total. The Bertz CT molecular complexity index is 452. The number of rotatable bonds is 6. The zero-order chi connectivity index (χ0) is 15.0. The number of benzene rings is 1. The zero-order valence-corrected chi connectivity index (χ0v) is 13.4. The number of aliphatic imine (C=N–C) groups is 1. The van der Waals surface area contributed by atoms with Gasteiger partial charge in [-0.25, -0.2) is 0 Å². The molecule has 5 heteroatoms. The molecule has 0 spiro atoms. The maximum absolute atomic E-state index is 11.8. The van der Waals surface area contributed by atoms with Gasteiger partial charge in [0.2, 0.25) is 0 Å². The minimum absolute atomic E-state index is 0.189. The van der Waals surface area contributed by atoms with Crippen LogP contribution in [0.25, 0.3) is 0 Å². The molecule has 1 unspecified atom stereocenters. The van der Waals surface area contributed by atoms with Gasteiger partial charge in [0, 0.05) is 27.8 Å². The van der Waals surface area contributed by atoms with Crippen molar-refractivity contribution in [1.29, 1.82) is 0 Å². The predicted molar refractivity (Wildman–Crippen MR) is 87.4 cm³/mol. The molecule has 0 aromatic heterocycles. The quantitative estimate of drug-likeness (QED) is 0.620. The van der Waals surface area contributed by atoms with E-state index >= 15 is 0 Å². The lowest BCUT2D eigenvalue weighted by Gasteiger charge is -2.16. The van der Waals surface area contributed by atoms with E-state index in [0.717, 1.165) is 13.0 Å². The fraction of sp³-hybridized carbons (Fsp3) is 0.533. The van der Waals surface area contributed by atoms with Crippen LogP contribution in [0.15, 0.2) is 35.3 Å². The number of guanidine groups is 1. The smallest absolute Gasteiger partial charge is 0.188 e. The van der Waals surface area contributed by atoms with Crippen molar-refractivity contribution in [2.24, 2.45) is 10.7 Å². The number of hydrogen-bond acceptors (Lipinski definition) is 2. The second-order valence-electron chi connectivity index (χ2n) is 5.59.